The maximum Gasteiger partial charge on any atom is 0.0415 e. The summed E-state index contributed by atoms with van der Waals surface area (Å²) in [4.78, 5) is 0. The second kappa shape index (κ2) is 5.58. The van der Waals surface area contributed by atoms with Crippen LogP contribution in [0.25, 0.3) is 0 Å². The van der Waals surface area contributed by atoms with Crippen LogP contribution < -0.4 is 5.32 Å². The van der Waals surface area contributed by atoms with Crippen LogP contribution in [0.2, 0.25) is 0 Å². The lowest BCUT2D eigenvalue weighted by molar-refractivity contribution is 0.919. The number of aryl methyl sites for hydroxylation is 2. The third-order valence-electron chi connectivity index (χ3n) is 2.88. The first-order valence-corrected chi connectivity index (χ1v) is 6.21. The van der Waals surface area contributed by atoms with Crippen LogP contribution >= 0.6 is 0 Å². The van der Waals surface area contributed by atoms with Crippen molar-refractivity contribution < 1.29 is 0 Å². The maximum atomic E-state index is 3.43. The predicted octanol–water partition coefficient (Wildman–Crippen LogP) is 3.59. The fourth-order valence-corrected chi connectivity index (χ4v) is 1.95. The molecule has 0 atom stereocenters. The molecule has 0 saturated carbocycles. The van der Waals surface area contributed by atoms with Gasteiger partial charge in [0.1, 0.15) is 0 Å². The third-order valence-corrected chi connectivity index (χ3v) is 2.88. The molecule has 0 aliphatic carbocycles. The predicted molar refractivity (Wildman–Crippen MR) is 73.2 cm³/mol. The van der Waals surface area contributed by atoms with Gasteiger partial charge in [-0.05, 0) is 35.7 Å². The molecule has 90 valence electrons. The third kappa shape index (κ3) is 3.38. The molecule has 0 unspecified atom stereocenters. The van der Waals surface area contributed by atoms with Gasteiger partial charge >= 0.3 is 0 Å². The van der Waals surface area contributed by atoms with E-state index in [-0.39, 0.29) is 0 Å². The molecule has 2 rings (SSSR count). The van der Waals surface area contributed by atoms with Crippen molar-refractivity contribution in [1.29, 1.82) is 0 Å². The van der Waals surface area contributed by atoms with E-state index >= 15 is 0 Å². The van der Waals surface area contributed by atoms with Crippen molar-refractivity contribution in [1.82, 2.24) is 4.57 Å². The number of hydrogen-bond donors (Lipinski definition) is 1. The molecule has 0 bridgehead atoms. The molecule has 1 heterocycles. The second-order valence-corrected chi connectivity index (χ2v) is 4.49. The Balaban J connectivity index is 1.90. The van der Waals surface area contributed by atoms with E-state index in [1.807, 2.05) is 7.05 Å². The number of nitrogens with zero attached hydrogens (tertiary/aromatic N) is 1. The lowest BCUT2D eigenvalue weighted by Gasteiger charge is -2.06. The van der Waals surface area contributed by atoms with Gasteiger partial charge in [-0.3, -0.25) is 0 Å². The summed E-state index contributed by atoms with van der Waals surface area (Å²) in [7, 11) is 2.04. The van der Waals surface area contributed by atoms with E-state index in [0.29, 0.717) is 0 Å². The van der Waals surface area contributed by atoms with Gasteiger partial charge in [-0.2, -0.15) is 0 Å². The molecule has 17 heavy (non-hydrogen) atoms. The van der Waals surface area contributed by atoms with Gasteiger partial charge in [0.25, 0.3) is 0 Å². The quantitative estimate of drug-likeness (QED) is 0.827. The van der Waals surface area contributed by atoms with Gasteiger partial charge in [0.05, 0.1) is 0 Å². The summed E-state index contributed by atoms with van der Waals surface area (Å²) >= 11 is 0. The molecule has 2 aromatic rings. The van der Waals surface area contributed by atoms with E-state index in [1.165, 1.54) is 29.7 Å². The molecule has 2 heteroatoms. The summed E-state index contributed by atoms with van der Waals surface area (Å²) in [6.45, 7) is 3.09. The highest BCUT2D eigenvalue weighted by atomic mass is 14.9. The zero-order valence-corrected chi connectivity index (χ0v) is 10.6. The van der Waals surface area contributed by atoms with Gasteiger partial charge in [-0.1, -0.05) is 25.5 Å². The zero-order valence-electron chi connectivity index (χ0n) is 10.6. The average Bonchev–Trinajstić information content (AvgIpc) is 2.75. The lowest BCUT2D eigenvalue weighted by Crippen LogP contribution is -1.98. The van der Waals surface area contributed by atoms with E-state index in [2.05, 4.69) is 59.5 Å². The number of hydrogen-bond acceptors (Lipinski definition) is 1. The maximum absolute atomic E-state index is 3.43. The van der Waals surface area contributed by atoms with Crippen LogP contribution in [0.15, 0.2) is 42.7 Å². The van der Waals surface area contributed by atoms with Crippen LogP contribution in [0.4, 0.5) is 5.69 Å². The van der Waals surface area contributed by atoms with Crippen molar-refractivity contribution >= 4 is 5.69 Å². The van der Waals surface area contributed by atoms with Crippen LogP contribution in [-0.4, -0.2) is 4.57 Å². The summed E-state index contributed by atoms with van der Waals surface area (Å²) in [5.74, 6) is 0. The van der Waals surface area contributed by atoms with Crippen molar-refractivity contribution in [2.75, 3.05) is 5.32 Å². The highest BCUT2D eigenvalue weighted by Crippen LogP contribution is 2.12. The Hall–Kier alpha value is -1.70. The van der Waals surface area contributed by atoms with Crippen LogP contribution in [0, 0.1) is 0 Å². The number of benzene rings is 1. The van der Waals surface area contributed by atoms with Crippen molar-refractivity contribution in [3.8, 4) is 0 Å². The fourth-order valence-electron chi connectivity index (χ4n) is 1.95. The van der Waals surface area contributed by atoms with Crippen molar-refractivity contribution in [2.24, 2.45) is 7.05 Å². The van der Waals surface area contributed by atoms with Gasteiger partial charge in [0.2, 0.25) is 0 Å². The Morgan fingerprint density at radius 2 is 1.82 bits per heavy atom. The molecule has 1 aromatic heterocycles. The van der Waals surface area contributed by atoms with Crippen LogP contribution in [0.1, 0.15) is 24.5 Å². The van der Waals surface area contributed by atoms with E-state index < -0.39 is 0 Å². The molecule has 0 spiro atoms. The first kappa shape index (κ1) is 11.8. The molecule has 0 amide bonds. The van der Waals surface area contributed by atoms with Gasteiger partial charge in [0.15, 0.2) is 0 Å². The number of aromatic nitrogens is 1. The molecule has 2 nitrogen and oxygen atoms in total. The van der Waals surface area contributed by atoms with E-state index in [1.54, 1.807) is 0 Å². The van der Waals surface area contributed by atoms with Crippen molar-refractivity contribution in [3.05, 3.63) is 53.9 Å². The fraction of sp³-hybridized carbons (Fsp3) is 0.333. The van der Waals surface area contributed by atoms with E-state index in [9.17, 15) is 0 Å². The Labute approximate surface area is 103 Å². The van der Waals surface area contributed by atoms with Crippen molar-refractivity contribution in [2.45, 2.75) is 26.3 Å². The molecule has 1 aromatic carbocycles. The Kier molecular flexibility index (Phi) is 3.86. The van der Waals surface area contributed by atoms with Gasteiger partial charge in [-0.25, -0.2) is 0 Å². The Morgan fingerprint density at radius 1 is 1.06 bits per heavy atom. The average molecular weight is 228 g/mol. The monoisotopic (exact) mass is 228 g/mol. The molecular formula is C15H20N2. The van der Waals surface area contributed by atoms with E-state index in [4.69, 9.17) is 0 Å². The van der Waals surface area contributed by atoms with E-state index in [0.717, 1.165) is 6.54 Å². The van der Waals surface area contributed by atoms with Gasteiger partial charge in [-0.15, -0.1) is 0 Å². The smallest absolute Gasteiger partial charge is 0.0415 e. The number of nitrogens with one attached hydrogen (secondary N) is 1. The summed E-state index contributed by atoms with van der Waals surface area (Å²) in [6, 6.07) is 10.9. The number of anilines is 1. The molecule has 0 aliphatic rings. The number of rotatable bonds is 5. The SMILES string of the molecule is CCCc1ccc(NCc2ccn(C)c2)cc1. The van der Waals surface area contributed by atoms with Gasteiger partial charge in [0, 0.05) is 31.7 Å². The minimum absolute atomic E-state index is 0.883. The molecule has 1 N–H and O–H groups in total. The standard InChI is InChI=1S/C15H20N2/c1-3-4-13-5-7-15(8-6-13)16-11-14-9-10-17(2)12-14/h5-10,12,16H,3-4,11H2,1-2H3. The highest BCUT2D eigenvalue weighted by Gasteiger charge is 1.96. The lowest BCUT2D eigenvalue weighted by atomic mass is 10.1. The first-order chi connectivity index (χ1) is 8.28. The molecule has 0 saturated heterocycles. The Morgan fingerprint density at radius 3 is 2.41 bits per heavy atom. The summed E-state index contributed by atoms with van der Waals surface area (Å²) in [5, 5.41) is 3.43. The van der Waals surface area contributed by atoms with Crippen LogP contribution in [0.5, 0.6) is 0 Å². The minimum atomic E-state index is 0.883. The van der Waals surface area contributed by atoms with Crippen LogP contribution in [0.3, 0.4) is 0 Å². The zero-order chi connectivity index (χ0) is 12.1. The second-order valence-electron chi connectivity index (χ2n) is 4.49. The normalized spacial score (nSPS) is 10.5. The van der Waals surface area contributed by atoms with Gasteiger partial charge < -0.3 is 9.88 Å². The largest absolute Gasteiger partial charge is 0.381 e. The molecule has 0 radical (unpaired) electrons. The summed E-state index contributed by atoms with van der Waals surface area (Å²) < 4.78 is 2.07. The minimum Gasteiger partial charge on any atom is -0.381 e. The molecule has 0 aliphatic heterocycles. The van der Waals surface area contributed by atoms with Crippen molar-refractivity contribution in [3.63, 3.8) is 0 Å². The first-order valence-electron chi connectivity index (χ1n) is 6.21. The molecular weight excluding hydrogens is 208 g/mol. The summed E-state index contributed by atoms with van der Waals surface area (Å²) in [6.07, 6.45) is 6.58. The highest BCUT2D eigenvalue weighted by molar-refractivity contribution is 5.45. The van der Waals surface area contributed by atoms with Crippen LogP contribution in [-0.2, 0) is 20.0 Å². The Bertz CT molecular complexity index is 454. The topological polar surface area (TPSA) is 17.0 Å². The summed E-state index contributed by atoms with van der Waals surface area (Å²) in [5.41, 5.74) is 3.91. The molecule has 0 fully saturated rings.